The van der Waals surface area contributed by atoms with Crippen molar-refractivity contribution in [1.82, 2.24) is 5.32 Å². The smallest absolute Gasteiger partial charge is 0.0480 e. The van der Waals surface area contributed by atoms with Gasteiger partial charge in [0, 0.05) is 11.8 Å². The maximum Gasteiger partial charge on any atom is 0.0480 e. The molecule has 3 heteroatoms. The quantitative estimate of drug-likeness (QED) is 0.425. The fourth-order valence-electron chi connectivity index (χ4n) is 1.36. The molecule has 0 bridgehead atoms. The molecule has 0 aliphatic carbocycles. The summed E-state index contributed by atoms with van der Waals surface area (Å²) in [4.78, 5) is 0. The number of hydrogen-bond donors (Lipinski definition) is 3. The van der Waals surface area contributed by atoms with Crippen LogP contribution in [0.4, 0.5) is 0 Å². The second-order valence-corrected chi connectivity index (χ2v) is 4.13. The van der Waals surface area contributed by atoms with E-state index in [0.717, 1.165) is 37.9 Å². The first kappa shape index (κ1) is 14.3. The van der Waals surface area contributed by atoms with Crippen LogP contribution in [0.15, 0.2) is 11.6 Å². The summed E-state index contributed by atoms with van der Waals surface area (Å²) >= 11 is 0. The van der Waals surface area contributed by atoms with Gasteiger partial charge in [-0.3, -0.25) is 0 Å². The minimum absolute atomic E-state index is 0.0958. The molecule has 0 spiro atoms. The topological polar surface area (TPSA) is 61.9 Å². The second-order valence-electron chi connectivity index (χ2n) is 4.13. The fourth-order valence-corrected chi connectivity index (χ4v) is 1.36. The molecule has 0 aromatic rings. The fraction of sp³-hybridized carbons (Fsp3) is 0.750. The molecule has 4 N–H and O–H groups in total. The van der Waals surface area contributed by atoms with Crippen LogP contribution >= 0.6 is 0 Å². The van der Waals surface area contributed by atoms with E-state index in [0.29, 0.717) is 5.71 Å². The average Bonchev–Trinajstić information content (AvgIpc) is 2.16. The highest BCUT2D eigenvalue weighted by molar-refractivity contribution is 5.96. The molecule has 0 saturated heterocycles. The minimum Gasteiger partial charge on any atom is -0.323 e. The van der Waals surface area contributed by atoms with E-state index in [-0.39, 0.29) is 6.04 Å². The molecule has 0 aromatic carbocycles. The molecule has 0 amide bonds. The average molecular weight is 211 g/mol. The van der Waals surface area contributed by atoms with Crippen LogP contribution in [0, 0.1) is 5.41 Å². The Bertz CT molecular complexity index is 205. The molecule has 88 valence electrons. The van der Waals surface area contributed by atoms with Crippen LogP contribution in [0.1, 0.15) is 40.0 Å². The molecule has 0 aliphatic rings. The highest BCUT2D eigenvalue weighted by Crippen LogP contribution is 2.02. The van der Waals surface area contributed by atoms with Crippen molar-refractivity contribution in [3.8, 4) is 0 Å². The van der Waals surface area contributed by atoms with Crippen LogP contribution in [0.5, 0.6) is 0 Å². The predicted octanol–water partition coefficient (Wildman–Crippen LogP) is 2.08. The molecule has 15 heavy (non-hydrogen) atoms. The Kier molecular flexibility index (Phi) is 8.24. The summed E-state index contributed by atoms with van der Waals surface area (Å²) in [6.07, 6.45) is 5.00. The van der Waals surface area contributed by atoms with Gasteiger partial charge < -0.3 is 16.5 Å². The van der Waals surface area contributed by atoms with Gasteiger partial charge in [0.2, 0.25) is 0 Å². The Hall–Kier alpha value is -0.670. The molecule has 1 atom stereocenters. The molecular weight excluding hydrogens is 186 g/mol. The maximum atomic E-state index is 7.72. The lowest BCUT2D eigenvalue weighted by Gasteiger charge is -2.10. The van der Waals surface area contributed by atoms with E-state index in [4.69, 9.17) is 11.1 Å². The zero-order chi connectivity index (χ0) is 11.7. The Balaban J connectivity index is 3.60. The van der Waals surface area contributed by atoms with Crippen LogP contribution in [0.25, 0.3) is 0 Å². The van der Waals surface area contributed by atoms with Crippen molar-refractivity contribution in [2.24, 2.45) is 5.73 Å². The third-order valence-electron chi connectivity index (χ3n) is 2.21. The van der Waals surface area contributed by atoms with Crippen LogP contribution in [-0.2, 0) is 0 Å². The van der Waals surface area contributed by atoms with Gasteiger partial charge in [-0.1, -0.05) is 18.9 Å². The first-order chi connectivity index (χ1) is 7.07. The van der Waals surface area contributed by atoms with Crippen molar-refractivity contribution in [3.05, 3.63) is 11.6 Å². The van der Waals surface area contributed by atoms with Gasteiger partial charge in [-0.2, -0.15) is 0 Å². The van der Waals surface area contributed by atoms with Crippen LogP contribution in [0.2, 0.25) is 0 Å². The zero-order valence-corrected chi connectivity index (χ0v) is 10.3. The van der Waals surface area contributed by atoms with Gasteiger partial charge in [-0.25, -0.2) is 0 Å². The lowest BCUT2D eigenvalue weighted by molar-refractivity contribution is 0.601. The molecule has 1 unspecified atom stereocenters. The van der Waals surface area contributed by atoms with Crippen molar-refractivity contribution in [1.29, 1.82) is 5.41 Å². The lowest BCUT2D eigenvalue weighted by Crippen LogP contribution is -2.28. The molecule has 0 saturated carbocycles. The third kappa shape index (κ3) is 8.33. The van der Waals surface area contributed by atoms with Gasteiger partial charge in [0.25, 0.3) is 0 Å². The maximum absolute atomic E-state index is 7.72. The van der Waals surface area contributed by atoms with E-state index in [1.54, 1.807) is 0 Å². The van der Waals surface area contributed by atoms with E-state index in [1.165, 1.54) is 0 Å². The monoisotopic (exact) mass is 211 g/mol. The van der Waals surface area contributed by atoms with E-state index in [2.05, 4.69) is 12.2 Å². The standard InChI is InChI=1S/C12H25N3/c1-4-15-8-6-5-7-11(13)12(14)9-10(2)3/h9,11,14-15H,4-8,13H2,1-3H3. The van der Waals surface area contributed by atoms with Crippen molar-refractivity contribution < 1.29 is 0 Å². The Morgan fingerprint density at radius 1 is 1.40 bits per heavy atom. The minimum atomic E-state index is -0.0958. The van der Waals surface area contributed by atoms with Crippen LogP contribution < -0.4 is 11.1 Å². The number of hydrogen-bond acceptors (Lipinski definition) is 3. The van der Waals surface area contributed by atoms with Crippen LogP contribution in [0.3, 0.4) is 0 Å². The first-order valence-corrected chi connectivity index (χ1v) is 5.77. The zero-order valence-electron chi connectivity index (χ0n) is 10.3. The molecule has 0 heterocycles. The Labute approximate surface area is 93.6 Å². The highest BCUT2D eigenvalue weighted by atomic mass is 14.8. The number of nitrogens with two attached hydrogens (primary N) is 1. The third-order valence-corrected chi connectivity index (χ3v) is 2.21. The van der Waals surface area contributed by atoms with Crippen molar-refractivity contribution in [2.75, 3.05) is 13.1 Å². The largest absolute Gasteiger partial charge is 0.323 e. The van der Waals surface area contributed by atoms with E-state index >= 15 is 0 Å². The normalized spacial score (nSPS) is 12.3. The highest BCUT2D eigenvalue weighted by Gasteiger charge is 2.05. The summed E-state index contributed by atoms with van der Waals surface area (Å²) in [5, 5.41) is 11.0. The summed E-state index contributed by atoms with van der Waals surface area (Å²) in [6.45, 7) is 8.17. The number of unbranched alkanes of at least 4 members (excludes halogenated alkanes) is 1. The first-order valence-electron chi connectivity index (χ1n) is 5.77. The second kappa shape index (κ2) is 8.62. The lowest BCUT2D eigenvalue weighted by atomic mass is 10.0. The molecule has 3 nitrogen and oxygen atoms in total. The van der Waals surface area contributed by atoms with E-state index in [1.807, 2.05) is 19.9 Å². The molecule has 0 radical (unpaired) electrons. The van der Waals surface area contributed by atoms with Crippen molar-refractivity contribution in [2.45, 2.75) is 46.1 Å². The summed E-state index contributed by atoms with van der Waals surface area (Å²) in [5.41, 5.74) is 7.59. The SMILES string of the molecule is CCNCCCCC(N)C(=N)C=C(C)C. The summed E-state index contributed by atoms with van der Waals surface area (Å²) in [5.74, 6) is 0. The van der Waals surface area contributed by atoms with E-state index < -0.39 is 0 Å². The molecule has 0 aliphatic heterocycles. The number of allylic oxidation sites excluding steroid dienone is 1. The molecule has 0 fully saturated rings. The Morgan fingerprint density at radius 2 is 2.07 bits per heavy atom. The molecular formula is C12H25N3. The van der Waals surface area contributed by atoms with Crippen molar-refractivity contribution >= 4 is 5.71 Å². The van der Waals surface area contributed by atoms with E-state index in [9.17, 15) is 0 Å². The Morgan fingerprint density at radius 3 is 2.60 bits per heavy atom. The predicted molar refractivity (Wildman–Crippen MR) is 67.5 cm³/mol. The molecule has 0 aromatic heterocycles. The van der Waals surface area contributed by atoms with Gasteiger partial charge >= 0.3 is 0 Å². The van der Waals surface area contributed by atoms with Gasteiger partial charge in [-0.05, 0) is 45.9 Å². The van der Waals surface area contributed by atoms with Gasteiger partial charge in [0.05, 0.1) is 0 Å². The van der Waals surface area contributed by atoms with Gasteiger partial charge in [0.15, 0.2) is 0 Å². The molecule has 0 rings (SSSR count). The van der Waals surface area contributed by atoms with Gasteiger partial charge in [0.1, 0.15) is 0 Å². The summed E-state index contributed by atoms with van der Waals surface area (Å²) in [7, 11) is 0. The van der Waals surface area contributed by atoms with Crippen LogP contribution in [-0.4, -0.2) is 24.8 Å². The summed E-state index contributed by atoms with van der Waals surface area (Å²) < 4.78 is 0. The van der Waals surface area contributed by atoms with Gasteiger partial charge in [-0.15, -0.1) is 0 Å². The number of nitrogens with one attached hydrogen (secondary N) is 2. The summed E-state index contributed by atoms with van der Waals surface area (Å²) in [6, 6.07) is -0.0958. The van der Waals surface area contributed by atoms with Crippen molar-refractivity contribution in [3.63, 3.8) is 0 Å². The number of rotatable bonds is 8.